The first-order valence-corrected chi connectivity index (χ1v) is 5.29. The summed E-state index contributed by atoms with van der Waals surface area (Å²) in [5, 5.41) is 0. The lowest BCUT2D eigenvalue weighted by molar-refractivity contribution is 0.0706. The number of carbonyl (C=O) groups excluding carboxylic acids is 1. The Morgan fingerprint density at radius 2 is 2.35 bits per heavy atom. The van der Waals surface area contributed by atoms with Gasteiger partial charge in [-0.15, -0.1) is 0 Å². The maximum atomic E-state index is 13.0. The Labute approximate surface area is 99.4 Å². The van der Waals surface area contributed by atoms with Crippen LogP contribution in [0.4, 0.5) is 10.2 Å². The van der Waals surface area contributed by atoms with Crippen LogP contribution in [-0.2, 0) is 4.74 Å². The van der Waals surface area contributed by atoms with Crippen LogP contribution in [0.3, 0.4) is 0 Å². The van der Waals surface area contributed by atoms with E-state index in [1.54, 1.807) is 7.11 Å². The molecule has 94 valence electrons. The molecule has 1 heterocycles. The minimum atomic E-state index is -0.578. The second kappa shape index (κ2) is 6.15. The number of halogens is 1. The largest absolute Gasteiger partial charge is 0.383 e. The molecule has 0 atom stereocenters. The van der Waals surface area contributed by atoms with E-state index >= 15 is 0 Å². The predicted molar refractivity (Wildman–Crippen MR) is 62.1 cm³/mol. The van der Waals surface area contributed by atoms with Crippen LogP contribution in [0.5, 0.6) is 0 Å². The number of hydrogen-bond donors (Lipinski definition) is 1. The highest BCUT2D eigenvalue weighted by atomic mass is 19.1. The third-order valence-electron chi connectivity index (χ3n) is 2.35. The first-order chi connectivity index (χ1) is 8.10. The summed E-state index contributed by atoms with van der Waals surface area (Å²) in [6.07, 6.45) is 0.984. The summed E-state index contributed by atoms with van der Waals surface area (Å²) < 4.78 is 17.9. The molecule has 0 aliphatic heterocycles. The van der Waals surface area contributed by atoms with Gasteiger partial charge < -0.3 is 15.4 Å². The van der Waals surface area contributed by atoms with Crippen molar-refractivity contribution in [3.63, 3.8) is 0 Å². The summed E-state index contributed by atoms with van der Waals surface area (Å²) in [5.74, 6) is -0.883. The fourth-order valence-electron chi connectivity index (χ4n) is 1.40. The van der Waals surface area contributed by atoms with Crippen LogP contribution < -0.4 is 5.73 Å². The molecule has 0 saturated carbocycles. The van der Waals surface area contributed by atoms with Gasteiger partial charge in [-0.1, -0.05) is 0 Å². The van der Waals surface area contributed by atoms with Crippen LogP contribution in [-0.4, -0.2) is 42.6 Å². The van der Waals surface area contributed by atoms with Crippen molar-refractivity contribution in [1.29, 1.82) is 0 Å². The molecule has 0 bridgehead atoms. The van der Waals surface area contributed by atoms with E-state index in [0.717, 1.165) is 12.3 Å². The van der Waals surface area contributed by atoms with Gasteiger partial charge in [0.25, 0.3) is 5.91 Å². The number of aromatic nitrogens is 1. The lowest BCUT2D eigenvalue weighted by Gasteiger charge is -2.20. The van der Waals surface area contributed by atoms with E-state index in [0.29, 0.717) is 19.7 Å². The van der Waals surface area contributed by atoms with Crippen molar-refractivity contribution < 1.29 is 13.9 Å². The summed E-state index contributed by atoms with van der Waals surface area (Å²) in [4.78, 5) is 17.2. The van der Waals surface area contributed by atoms with Crippen LogP contribution in [0.25, 0.3) is 0 Å². The normalized spacial score (nSPS) is 10.3. The summed E-state index contributed by atoms with van der Waals surface area (Å²) in [5.41, 5.74) is 5.64. The van der Waals surface area contributed by atoms with E-state index in [2.05, 4.69) is 4.98 Å². The average molecular weight is 241 g/mol. The Balaban J connectivity index is 2.89. The molecule has 1 aromatic heterocycles. The van der Waals surface area contributed by atoms with Gasteiger partial charge in [-0.25, -0.2) is 9.37 Å². The van der Waals surface area contributed by atoms with Crippen LogP contribution in [0, 0.1) is 5.82 Å². The van der Waals surface area contributed by atoms with E-state index in [1.165, 1.54) is 4.90 Å². The molecule has 0 unspecified atom stereocenters. The lowest BCUT2D eigenvalue weighted by atomic mass is 10.2. The molecular formula is C11H16FN3O2. The van der Waals surface area contributed by atoms with Crippen molar-refractivity contribution in [2.24, 2.45) is 0 Å². The fraction of sp³-hybridized carbons (Fsp3) is 0.455. The molecule has 0 radical (unpaired) electrons. The van der Waals surface area contributed by atoms with Crippen LogP contribution in [0.1, 0.15) is 17.3 Å². The van der Waals surface area contributed by atoms with Gasteiger partial charge in [0.1, 0.15) is 11.6 Å². The van der Waals surface area contributed by atoms with Crippen molar-refractivity contribution in [2.75, 3.05) is 32.5 Å². The number of anilines is 1. The molecule has 1 rings (SSSR count). The van der Waals surface area contributed by atoms with E-state index in [1.807, 2.05) is 6.92 Å². The van der Waals surface area contributed by atoms with Crippen molar-refractivity contribution in [2.45, 2.75) is 6.92 Å². The number of methoxy groups -OCH3 is 1. The molecule has 0 spiro atoms. The fourth-order valence-corrected chi connectivity index (χ4v) is 1.40. The maximum absolute atomic E-state index is 13.0. The zero-order valence-electron chi connectivity index (χ0n) is 9.94. The minimum absolute atomic E-state index is 0.0345. The third-order valence-corrected chi connectivity index (χ3v) is 2.35. The predicted octanol–water partition coefficient (Wildman–Crippen LogP) is 0.911. The number of hydrogen-bond acceptors (Lipinski definition) is 4. The minimum Gasteiger partial charge on any atom is -0.383 e. The summed E-state index contributed by atoms with van der Waals surface area (Å²) in [6, 6.07) is 1.10. The van der Waals surface area contributed by atoms with E-state index in [9.17, 15) is 9.18 Å². The number of nitrogens with two attached hydrogens (primary N) is 1. The van der Waals surface area contributed by atoms with Gasteiger partial charge in [-0.3, -0.25) is 4.79 Å². The van der Waals surface area contributed by atoms with Gasteiger partial charge in [-0.2, -0.15) is 0 Å². The van der Waals surface area contributed by atoms with Gasteiger partial charge in [0, 0.05) is 20.2 Å². The SMILES string of the molecule is CCN(CCOC)C(=O)c1cc(F)cnc1N. The van der Waals surface area contributed by atoms with Gasteiger partial charge in [0.2, 0.25) is 0 Å². The first kappa shape index (κ1) is 13.4. The summed E-state index contributed by atoms with van der Waals surface area (Å²) >= 11 is 0. The topological polar surface area (TPSA) is 68.5 Å². The number of ether oxygens (including phenoxy) is 1. The highest BCUT2D eigenvalue weighted by molar-refractivity contribution is 5.98. The van der Waals surface area contributed by atoms with Gasteiger partial charge in [0.15, 0.2) is 0 Å². The molecule has 0 aliphatic carbocycles. The smallest absolute Gasteiger partial charge is 0.257 e. The molecule has 1 aromatic rings. The second-order valence-electron chi connectivity index (χ2n) is 3.46. The monoisotopic (exact) mass is 241 g/mol. The van der Waals surface area contributed by atoms with Crippen molar-refractivity contribution in [3.8, 4) is 0 Å². The zero-order valence-corrected chi connectivity index (χ0v) is 9.94. The van der Waals surface area contributed by atoms with E-state index in [4.69, 9.17) is 10.5 Å². The van der Waals surface area contributed by atoms with Gasteiger partial charge in [0.05, 0.1) is 18.4 Å². The van der Waals surface area contributed by atoms with Crippen LogP contribution in [0.2, 0.25) is 0 Å². The number of likely N-dealkylation sites (N-methyl/N-ethyl adjacent to an activating group) is 1. The Morgan fingerprint density at radius 3 is 2.94 bits per heavy atom. The maximum Gasteiger partial charge on any atom is 0.257 e. The summed E-state index contributed by atoms with van der Waals surface area (Å²) in [6.45, 7) is 3.18. The van der Waals surface area contributed by atoms with Gasteiger partial charge in [-0.05, 0) is 13.0 Å². The van der Waals surface area contributed by atoms with Crippen molar-refractivity contribution in [1.82, 2.24) is 9.88 Å². The molecule has 5 nitrogen and oxygen atoms in total. The zero-order chi connectivity index (χ0) is 12.8. The number of amides is 1. The number of nitrogen functional groups attached to an aromatic ring is 1. The number of rotatable bonds is 5. The number of pyridine rings is 1. The molecule has 1 amide bonds. The van der Waals surface area contributed by atoms with Crippen molar-refractivity contribution in [3.05, 3.63) is 23.6 Å². The Bertz CT molecular complexity index is 398. The Kier molecular flexibility index (Phi) is 4.84. The third kappa shape index (κ3) is 3.39. The van der Waals surface area contributed by atoms with E-state index in [-0.39, 0.29) is 17.3 Å². The quantitative estimate of drug-likeness (QED) is 0.832. The molecule has 6 heteroatoms. The molecule has 2 N–H and O–H groups in total. The lowest BCUT2D eigenvalue weighted by Crippen LogP contribution is -2.34. The van der Waals surface area contributed by atoms with Crippen molar-refractivity contribution >= 4 is 11.7 Å². The Morgan fingerprint density at radius 1 is 1.65 bits per heavy atom. The van der Waals surface area contributed by atoms with Crippen LogP contribution in [0.15, 0.2) is 12.3 Å². The highest BCUT2D eigenvalue weighted by Crippen LogP contribution is 2.12. The molecule has 0 aromatic carbocycles. The van der Waals surface area contributed by atoms with Gasteiger partial charge >= 0.3 is 0 Å². The first-order valence-electron chi connectivity index (χ1n) is 5.29. The second-order valence-corrected chi connectivity index (χ2v) is 3.46. The number of nitrogens with zero attached hydrogens (tertiary/aromatic N) is 2. The molecule has 0 saturated heterocycles. The standard InChI is InChI=1S/C11H16FN3O2/c1-3-15(4-5-17-2)11(16)9-6-8(12)7-14-10(9)13/h6-7H,3-5H2,1-2H3,(H2,13,14). The highest BCUT2D eigenvalue weighted by Gasteiger charge is 2.17. The molecular weight excluding hydrogens is 225 g/mol. The molecule has 0 aliphatic rings. The van der Waals surface area contributed by atoms with E-state index < -0.39 is 5.82 Å². The van der Waals surface area contributed by atoms with Crippen LogP contribution >= 0.6 is 0 Å². The molecule has 17 heavy (non-hydrogen) atoms. The average Bonchev–Trinajstić information content (AvgIpc) is 2.33. The summed E-state index contributed by atoms with van der Waals surface area (Å²) in [7, 11) is 1.55. The number of carbonyl (C=O) groups is 1. The molecule has 0 fully saturated rings. The Hall–Kier alpha value is -1.69.